The second-order valence-corrected chi connectivity index (χ2v) is 7.99. The van der Waals surface area contributed by atoms with Gasteiger partial charge in [0.05, 0.1) is 0 Å². The maximum absolute atomic E-state index is 13.1. The Morgan fingerprint density at radius 1 is 1.10 bits per heavy atom. The number of urea groups is 1. The van der Waals surface area contributed by atoms with Crippen LogP contribution in [0.2, 0.25) is 0 Å². The SMILES string of the molecule is CNC(=O)c1cccc(NC(=O)CN2C(=O)N[C@](C)(c3ccc4c(c3)CCC4)C2=O)c1. The molecule has 4 rings (SSSR count). The van der Waals surface area contributed by atoms with Crippen LogP contribution in [0.1, 0.15) is 40.4 Å². The molecule has 0 aromatic heterocycles. The van der Waals surface area contributed by atoms with Crippen LogP contribution in [-0.4, -0.2) is 42.2 Å². The average molecular weight is 420 g/mol. The lowest BCUT2D eigenvalue weighted by Crippen LogP contribution is -2.42. The van der Waals surface area contributed by atoms with Gasteiger partial charge in [-0.2, -0.15) is 0 Å². The summed E-state index contributed by atoms with van der Waals surface area (Å²) in [4.78, 5) is 50.9. The van der Waals surface area contributed by atoms with Gasteiger partial charge in [-0.1, -0.05) is 24.3 Å². The van der Waals surface area contributed by atoms with Crippen LogP contribution < -0.4 is 16.0 Å². The molecule has 31 heavy (non-hydrogen) atoms. The Labute approximate surface area is 180 Å². The summed E-state index contributed by atoms with van der Waals surface area (Å²) in [6.45, 7) is 1.24. The highest BCUT2D eigenvalue weighted by Crippen LogP contribution is 2.32. The fraction of sp³-hybridized carbons (Fsp3) is 0.304. The number of hydrogen-bond acceptors (Lipinski definition) is 4. The summed E-state index contributed by atoms with van der Waals surface area (Å²) in [5.41, 5.74) is 2.77. The van der Waals surface area contributed by atoms with E-state index in [-0.39, 0.29) is 5.91 Å². The van der Waals surface area contributed by atoms with E-state index in [4.69, 9.17) is 0 Å². The van der Waals surface area contributed by atoms with Crippen molar-refractivity contribution < 1.29 is 19.2 Å². The van der Waals surface area contributed by atoms with Gasteiger partial charge in [0.25, 0.3) is 11.8 Å². The lowest BCUT2D eigenvalue weighted by molar-refractivity contribution is -0.133. The highest BCUT2D eigenvalue weighted by atomic mass is 16.2. The molecular weight excluding hydrogens is 396 g/mol. The third-order valence-corrected chi connectivity index (χ3v) is 5.89. The molecule has 2 aromatic carbocycles. The van der Waals surface area contributed by atoms with Crippen LogP contribution >= 0.6 is 0 Å². The van der Waals surface area contributed by atoms with Crippen molar-refractivity contribution in [3.8, 4) is 0 Å². The van der Waals surface area contributed by atoms with Crippen LogP contribution in [0, 0.1) is 0 Å². The molecule has 0 radical (unpaired) electrons. The van der Waals surface area contributed by atoms with Gasteiger partial charge in [0, 0.05) is 18.3 Å². The fourth-order valence-corrected chi connectivity index (χ4v) is 4.15. The van der Waals surface area contributed by atoms with Crippen LogP contribution in [0.15, 0.2) is 42.5 Å². The largest absolute Gasteiger partial charge is 0.355 e. The van der Waals surface area contributed by atoms with Gasteiger partial charge in [-0.25, -0.2) is 4.79 Å². The first-order valence-electron chi connectivity index (χ1n) is 10.2. The first kappa shape index (κ1) is 20.6. The van der Waals surface area contributed by atoms with Crippen molar-refractivity contribution in [2.45, 2.75) is 31.7 Å². The van der Waals surface area contributed by atoms with Gasteiger partial charge in [-0.15, -0.1) is 0 Å². The van der Waals surface area contributed by atoms with Gasteiger partial charge >= 0.3 is 6.03 Å². The summed E-state index contributed by atoms with van der Waals surface area (Å²) in [5, 5.41) is 7.90. The second kappa shape index (κ2) is 7.86. The monoisotopic (exact) mass is 420 g/mol. The molecule has 1 aliphatic carbocycles. The normalized spacial score (nSPS) is 19.7. The van der Waals surface area contributed by atoms with E-state index in [0.717, 1.165) is 24.2 Å². The topological polar surface area (TPSA) is 108 Å². The van der Waals surface area contributed by atoms with E-state index in [1.807, 2.05) is 18.2 Å². The van der Waals surface area contributed by atoms with Gasteiger partial charge < -0.3 is 16.0 Å². The van der Waals surface area contributed by atoms with Gasteiger partial charge in [0.15, 0.2) is 0 Å². The minimum Gasteiger partial charge on any atom is -0.355 e. The lowest BCUT2D eigenvalue weighted by Gasteiger charge is -2.23. The molecule has 2 aliphatic rings. The zero-order chi connectivity index (χ0) is 22.2. The number of fused-ring (bicyclic) bond motifs is 1. The van der Waals surface area contributed by atoms with Crippen molar-refractivity contribution in [2.24, 2.45) is 0 Å². The standard InChI is InChI=1S/C23H24N4O4/c1-23(17-10-9-14-5-3-6-15(14)11-17)21(30)27(22(31)26-23)13-19(28)25-18-8-4-7-16(12-18)20(29)24-2/h4,7-12H,3,5-6,13H2,1-2H3,(H,24,29)(H,25,28)(H,26,31)/t23-/m1/s1. The molecular formula is C23H24N4O4. The number of carbonyl (C=O) groups excluding carboxylic acids is 4. The van der Waals surface area contributed by atoms with Crippen LogP contribution in [0.25, 0.3) is 0 Å². The van der Waals surface area contributed by atoms with Crippen LogP contribution in [-0.2, 0) is 28.0 Å². The number of rotatable bonds is 5. The summed E-state index contributed by atoms with van der Waals surface area (Å²) in [5.74, 6) is -1.28. The summed E-state index contributed by atoms with van der Waals surface area (Å²) in [6.07, 6.45) is 3.08. The number of nitrogens with one attached hydrogen (secondary N) is 3. The van der Waals surface area contributed by atoms with E-state index in [0.29, 0.717) is 16.8 Å². The van der Waals surface area contributed by atoms with Gasteiger partial charge in [-0.3, -0.25) is 19.3 Å². The van der Waals surface area contributed by atoms with E-state index in [2.05, 4.69) is 16.0 Å². The molecule has 1 atom stereocenters. The van der Waals surface area contributed by atoms with Crippen LogP contribution in [0.5, 0.6) is 0 Å². The number of aryl methyl sites for hydroxylation is 2. The van der Waals surface area contributed by atoms with Crippen LogP contribution in [0.4, 0.5) is 10.5 Å². The highest BCUT2D eigenvalue weighted by Gasteiger charge is 2.49. The highest BCUT2D eigenvalue weighted by molar-refractivity contribution is 6.10. The number of hydrogen-bond donors (Lipinski definition) is 3. The molecule has 1 heterocycles. The Hall–Kier alpha value is -3.68. The van der Waals surface area contributed by atoms with E-state index >= 15 is 0 Å². The molecule has 1 fully saturated rings. The summed E-state index contributed by atoms with van der Waals surface area (Å²) >= 11 is 0. The Kier molecular flexibility index (Phi) is 5.22. The Morgan fingerprint density at radius 2 is 1.87 bits per heavy atom. The zero-order valence-corrected chi connectivity index (χ0v) is 17.5. The summed E-state index contributed by atoms with van der Waals surface area (Å²) in [7, 11) is 1.52. The molecule has 5 amide bonds. The quantitative estimate of drug-likeness (QED) is 0.643. The number of nitrogens with zero attached hydrogens (tertiary/aromatic N) is 1. The Bertz CT molecular complexity index is 1100. The maximum atomic E-state index is 13.1. The smallest absolute Gasteiger partial charge is 0.325 e. The predicted octanol–water partition coefficient (Wildman–Crippen LogP) is 1.94. The van der Waals surface area contributed by atoms with E-state index in [1.165, 1.54) is 24.2 Å². The van der Waals surface area contributed by atoms with Crippen molar-refractivity contribution in [2.75, 3.05) is 18.9 Å². The minimum absolute atomic E-state index is 0.282. The predicted molar refractivity (Wildman–Crippen MR) is 115 cm³/mol. The number of imide groups is 1. The average Bonchev–Trinajstić information content (AvgIpc) is 3.31. The summed E-state index contributed by atoms with van der Waals surface area (Å²) in [6, 6.07) is 11.7. The molecule has 0 saturated carbocycles. The Balaban J connectivity index is 1.48. The maximum Gasteiger partial charge on any atom is 0.325 e. The fourth-order valence-electron chi connectivity index (χ4n) is 4.15. The molecule has 1 saturated heterocycles. The first-order chi connectivity index (χ1) is 14.8. The zero-order valence-electron chi connectivity index (χ0n) is 17.5. The molecule has 8 nitrogen and oxygen atoms in total. The molecule has 0 spiro atoms. The third-order valence-electron chi connectivity index (χ3n) is 5.89. The number of benzene rings is 2. The molecule has 8 heteroatoms. The number of anilines is 1. The van der Waals surface area contributed by atoms with Crippen molar-refractivity contribution in [1.82, 2.24) is 15.5 Å². The van der Waals surface area contributed by atoms with E-state index in [1.54, 1.807) is 25.1 Å². The van der Waals surface area contributed by atoms with Gasteiger partial charge in [0.2, 0.25) is 5.91 Å². The van der Waals surface area contributed by atoms with Gasteiger partial charge in [0.1, 0.15) is 12.1 Å². The van der Waals surface area contributed by atoms with Crippen molar-refractivity contribution >= 4 is 29.4 Å². The molecule has 3 N–H and O–H groups in total. The number of carbonyl (C=O) groups is 4. The van der Waals surface area contributed by atoms with Crippen molar-refractivity contribution in [3.05, 3.63) is 64.7 Å². The minimum atomic E-state index is -1.21. The van der Waals surface area contributed by atoms with E-state index in [9.17, 15) is 19.2 Å². The van der Waals surface area contributed by atoms with Gasteiger partial charge in [-0.05, 0) is 61.1 Å². The van der Waals surface area contributed by atoms with Crippen molar-refractivity contribution in [3.63, 3.8) is 0 Å². The van der Waals surface area contributed by atoms with E-state index < -0.39 is 29.9 Å². The molecule has 0 unspecified atom stereocenters. The lowest BCUT2D eigenvalue weighted by atomic mass is 9.89. The van der Waals surface area contributed by atoms with Crippen molar-refractivity contribution in [1.29, 1.82) is 0 Å². The number of amides is 5. The summed E-state index contributed by atoms with van der Waals surface area (Å²) < 4.78 is 0. The Morgan fingerprint density at radius 3 is 2.65 bits per heavy atom. The van der Waals surface area contributed by atoms with Crippen LogP contribution in [0.3, 0.4) is 0 Å². The molecule has 160 valence electrons. The first-order valence-corrected chi connectivity index (χ1v) is 10.2. The third kappa shape index (κ3) is 3.76. The molecule has 1 aliphatic heterocycles. The molecule has 2 aromatic rings. The second-order valence-electron chi connectivity index (χ2n) is 7.99. The molecule has 0 bridgehead atoms.